The van der Waals surface area contributed by atoms with Gasteiger partial charge >= 0.3 is 0 Å². The zero-order valence-corrected chi connectivity index (χ0v) is 7.86. The van der Waals surface area contributed by atoms with E-state index in [2.05, 4.69) is 0 Å². The summed E-state index contributed by atoms with van der Waals surface area (Å²) in [6, 6.07) is 4.16. The number of nitrogens with two attached hydrogens (primary N) is 1. The van der Waals surface area contributed by atoms with Crippen LogP contribution in [0.5, 0.6) is 0 Å². The van der Waals surface area contributed by atoms with E-state index in [4.69, 9.17) is 5.73 Å². The van der Waals surface area contributed by atoms with Crippen molar-refractivity contribution in [2.45, 2.75) is 19.3 Å². The van der Waals surface area contributed by atoms with Crippen molar-refractivity contribution in [3.63, 3.8) is 0 Å². The summed E-state index contributed by atoms with van der Waals surface area (Å²) in [6.07, 6.45) is -0.507. The average molecular weight is 203 g/mol. The van der Waals surface area contributed by atoms with Crippen LogP contribution in [0.15, 0.2) is 18.2 Å². The van der Waals surface area contributed by atoms with E-state index in [0.29, 0.717) is 5.56 Å². The lowest BCUT2D eigenvalue weighted by Crippen LogP contribution is -2.30. The molecule has 0 aliphatic heterocycles. The molecule has 0 amide bonds. The van der Waals surface area contributed by atoms with Gasteiger partial charge < -0.3 is 5.73 Å². The highest BCUT2D eigenvalue weighted by Gasteiger charge is 2.27. The molecule has 0 aliphatic carbocycles. The molecule has 14 heavy (non-hydrogen) atoms. The number of halogens is 3. The Morgan fingerprint density at radius 2 is 2.00 bits per heavy atom. The maximum atomic E-state index is 13.0. The fourth-order valence-corrected chi connectivity index (χ4v) is 1.19. The van der Waals surface area contributed by atoms with Gasteiger partial charge in [-0.1, -0.05) is 12.1 Å². The van der Waals surface area contributed by atoms with Gasteiger partial charge in [-0.2, -0.15) is 0 Å². The Labute approximate surface area is 80.7 Å². The van der Waals surface area contributed by atoms with Crippen molar-refractivity contribution in [2.75, 3.05) is 6.54 Å². The predicted molar refractivity (Wildman–Crippen MR) is 48.8 cm³/mol. The molecule has 78 valence electrons. The molecule has 0 radical (unpaired) electrons. The van der Waals surface area contributed by atoms with Crippen LogP contribution in [-0.4, -0.2) is 12.5 Å². The van der Waals surface area contributed by atoms with Crippen LogP contribution in [0.4, 0.5) is 13.2 Å². The number of hydrogen-bond donors (Lipinski definition) is 1. The van der Waals surface area contributed by atoms with Crippen molar-refractivity contribution >= 4 is 0 Å². The monoisotopic (exact) mass is 203 g/mol. The molecule has 1 aromatic carbocycles. The largest absolute Gasteiger partial charge is 0.325 e. The molecular formula is C10H12F3N. The Bertz CT molecular complexity index is 323. The summed E-state index contributed by atoms with van der Waals surface area (Å²) in [5.41, 5.74) is 5.47. The number of rotatable bonds is 3. The molecule has 4 heteroatoms. The zero-order valence-electron chi connectivity index (χ0n) is 7.86. The SMILES string of the molecule is Cc1c(F)cccc1CC(F)(F)CN. The van der Waals surface area contributed by atoms with Crippen LogP contribution in [0.1, 0.15) is 11.1 Å². The average Bonchev–Trinajstić information content (AvgIpc) is 2.13. The maximum Gasteiger partial charge on any atom is 0.264 e. The van der Waals surface area contributed by atoms with Gasteiger partial charge in [-0.15, -0.1) is 0 Å². The van der Waals surface area contributed by atoms with E-state index in [9.17, 15) is 13.2 Å². The van der Waals surface area contributed by atoms with E-state index in [1.54, 1.807) is 0 Å². The molecule has 1 aromatic rings. The summed E-state index contributed by atoms with van der Waals surface area (Å²) in [5.74, 6) is -3.42. The minimum Gasteiger partial charge on any atom is -0.325 e. The highest BCUT2D eigenvalue weighted by Crippen LogP contribution is 2.22. The normalized spacial score (nSPS) is 11.8. The smallest absolute Gasteiger partial charge is 0.264 e. The molecule has 2 N–H and O–H groups in total. The van der Waals surface area contributed by atoms with Crippen molar-refractivity contribution in [2.24, 2.45) is 5.73 Å². The maximum absolute atomic E-state index is 13.0. The molecule has 0 saturated carbocycles. The molecular weight excluding hydrogens is 191 g/mol. The summed E-state index contributed by atoms with van der Waals surface area (Å²) < 4.78 is 38.8. The summed E-state index contributed by atoms with van der Waals surface area (Å²) >= 11 is 0. The summed E-state index contributed by atoms with van der Waals surface area (Å²) in [4.78, 5) is 0. The van der Waals surface area contributed by atoms with Crippen LogP contribution in [0.3, 0.4) is 0 Å². The summed E-state index contributed by atoms with van der Waals surface area (Å²) in [5, 5.41) is 0. The van der Waals surface area contributed by atoms with Gasteiger partial charge in [0.2, 0.25) is 0 Å². The van der Waals surface area contributed by atoms with E-state index in [1.807, 2.05) is 0 Å². The first-order chi connectivity index (χ1) is 6.46. The minimum atomic E-state index is -2.96. The summed E-state index contributed by atoms with van der Waals surface area (Å²) in [6.45, 7) is 0.764. The molecule has 0 heterocycles. The minimum absolute atomic E-state index is 0.264. The molecule has 0 unspecified atom stereocenters. The number of hydrogen-bond acceptors (Lipinski definition) is 1. The van der Waals surface area contributed by atoms with Crippen molar-refractivity contribution in [3.05, 3.63) is 35.1 Å². The quantitative estimate of drug-likeness (QED) is 0.801. The van der Waals surface area contributed by atoms with Gasteiger partial charge in [0.1, 0.15) is 5.82 Å². The molecule has 0 aliphatic rings. The van der Waals surface area contributed by atoms with Crippen LogP contribution in [0.2, 0.25) is 0 Å². The van der Waals surface area contributed by atoms with Gasteiger partial charge in [0.05, 0.1) is 6.54 Å². The lowest BCUT2D eigenvalue weighted by atomic mass is 10.0. The second kappa shape index (κ2) is 4.00. The van der Waals surface area contributed by atoms with Crippen molar-refractivity contribution < 1.29 is 13.2 Å². The van der Waals surface area contributed by atoms with Gasteiger partial charge in [-0.05, 0) is 24.1 Å². The van der Waals surface area contributed by atoms with Crippen LogP contribution < -0.4 is 5.73 Å². The lowest BCUT2D eigenvalue weighted by Gasteiger charge is -2.15. The van der Waals surface area contributed by atoms with Crippen LogP contribution >= 0.6 is 0 Å². The second-order valence-corrected chi connectivity index (χ2v) is 3.26. The molecule has 0 aromatic heterocycles. The third-order valence-corrected chi connectivity index (χ3v) is 2.13. The van der Waals surface area contributed by atoms with E-state index < -0.39 is 24.7 Å². The third-order valence-electron chi connectivity index (χ3n) is 2.13. The molecule has 0 atom stereocenters. The number of benzene rings is 1. The zero-order chi connectivity index (χ0) is 10.8. The van der Waals surface area contributed by atoms with Gasteiger partial charge in [-0.25, -0.2) is 13.2 Å². The van der Waals surface area contributed by atoms with Crippen LogP contribution in [0, 0.1) is 12.7 Å². The highest BCUT2D eigenvalue weighted by molar-refractivity contribution is 5.28. The third kappa shape index (κ3) is 2.48. The van der Waals surface area contributed by atoms with Crippen molar-refractivity contribution in [1.82, 2.24) is 0 Å². The van der Waals surface area contributed by atoms with E-state index in [-0.39, 0.29) is 5.56 Å². The Morgan fingerprint density at radius 3 is 2.57 bits per heavy atom. The van der Waals surface area contributed by atoms with Crippen molar-refractivity contribution in [1.29, 1.82) is 0 Å². The first-order valence-electron chi connectivity index (χ1n) is 4.28. The Hall–Kier alpha value is -1.03. The predicted octanol–water partition coefficient (Wildman–Crippen LogP) is 2.27. The number of alkyl halides is 2. The van der Waals surface area contributed by atoms with Gasteiger partial charge in [0.15, 0.2) is 0 Å². The van der Waals surface area contributed by atoms with Crippen LogP contribution in [0.25, 0.3) is 0 Å². The van der Waals surface area contributed by atoms with E-state index in [1.165, 1.54) is 25.1 Å². The van der Waals surface area contributed by atoms with Gasteiger partial charge in [-0.3, -0.25) is 0 Å². The fraction of sp³-hybridized carbons (Fsp3) is 0.400. The lowest BCUT2D eigenvalue weighted by molar-refractivity contribution is 0.0113. The van der Waals surface area contributed by atoms with E-state index >= 15 is 0 Å². The van der Waals surface area contributed by atoms with Gasteiger partial charge in [0, 0.05) is 6.42 Å². The Balaban J connectivity index is 2.92. The van der Waals surface area contributed by atoms with Crippen molar-refractivity contribution in [3.8, 4) is 0 Å². The van der Waals surface area contributed by atoms with E-state index in [0.717, 1.165) is 0 Å². The molecule has 1 nitrogen and oxygen atoms in total. The first-order valence-corrected chi connectivity index (χ1v) is 4.28. The fourth-order valence-electron chi connectivity index (χ4n) is 1.19. The molecule has 1 rings (SSSR count). The Morgan fingerprint density at radius 1 is 1.36 bits per heavy atom. The molecule has 0 saturated heterocycles. The first kappa shape index (κ1) is 11.0. The molecule has 0 spiro atoms. The molecule has 0 fully saturated rings. The highest BCUT2D eigenvalue weighted by atomic mass is 19.3. The summed E-state index contributed by atoms with van der Waals surface area (Å²) in [7, 11) is 0. The second-order valence-electron chi connectivity index (χ2n) is 3.26. The topological polar surface area (TPSA) is 26.0 Å². The Kier molecular flexibility index (Phi) is 3.16. The van der Waals surface area contributed by atoms with Gasteiger partial charge in [0.25, 0.3) is 5.92 Å². The van der Waals surface area contributed by atoms with Crippen LogP contribution in [-0.2, 0) is 6.42 Å². The standard InChI is InChI=1S/C10H12F3N/c1-7-8(3-2-4-9(7)11)5-10(12,13)6-14/h2-4H,5-6,14H2,1H3. The molecule has 0 bridgehead atoms.